The Bertz CT molecular complexity index is 573. The highest BCUT2D eigenvalue weighted by Crippen LogP contribution is 2.29. The molecule has 1 aromatic heterocycles. The molecule has 0 spiro atoms. The van der Waals surface area contributed by atoms with Gasteiger partial charge in [0.1, 0.15) is 6.10 Å². The number of hydrogen-bond donors (Lipinski definition) is 3. The maximum atomic E-state index is 10.3. The normalized spacial score (nSPS) is 13.7. The summed E-state index contributed by atoms with van der Waals surface area (Å²) in [5.41, 5.74) is 0. The fourth-order valence-corrected chi connectivity index (χ4v) is 3.03. The second-order valence-corrected chi connectivity index (χ2v) is 6.55. The summed E-state index contributed by atoms with van der Waals surface area (Å²) in [5, 5.41) is 17.9. The van der Waals surface area contributed by atoms with Crippen molar-refractivity contribution in [1.29, 1.82) is 0 Å². The molecule has 21 heavy (non-hydrogen) atoms. The van der Waals surface area contributed by atoms with E-state index in [1.54, 1.807) is 18.4 Å². The van der Waals surface area contributed by atoms with E-state index in [0.29, 0.717) is 12.5 Å². The molecule has 0 saturated carbocycles. The lowest BCUT2D eigenvalue weighted by Crippen LogP contribution is -2.40. The number of aliphatic hydroxyl groups is 1. The first-order valence-corrected chi connectivity index (χ1v) is 8.03. The summed E-state index contributed by atoms with van der Waals surface area (Å²) in [6, 6.07) is 10.2. The van der Waals surface area contributed by atoms with Gasteiger partial charge in [-0.3, -0.25) is 4.99 Å². The number of guanidine groups is 1. The predicted molar refractivity (Wildman–Crippen MR) is 91.0 cm³/mol. The van der Waals surface area contributed by atoms with Gasteiger partial charge < -0.3 is 15.7 Å². The smallest absolute Gasteiger partial charge is 0.191 e. The lowest BCUT2D eigenvalue weighted by atomic mass is 10.2. The molecule has 0 aliphatic carbocycles. The van der Waals surface area contributed by atoms with Crippen molar-refractivity contribution >= 4 is 27.4 Å². The Morgan fingerprint density at radius 2 is 1.95 bits per heavy atom. The van der Waals surface area contributed by atoms with Gasteiger partial charge in [-0.05, 0) is 23.4 Å². The van der Waals surface area contributed by atoms with Crippen LogP contribution < -0.4 is 10.6 Å². The van der Waals surface area contributed by atoms with Crippen molar-refractivity contribution in [3.8, 4) is 0 Å². The van der Waals surface area contributed by atoms with E-state index in [9.17, 15) is 5.11 Å². The van der Waals surface area contributed by atoms with Crippen LogP contribution in [0.2, 0.25) is 0 Å². The average Bonchev–Trinajstić information content (AvgIpc) is 2.91. The van der Waals surface area contributed by atoms with Crippen LogP contribution in [0.5, 0.6) is 0 Å². The SMILES string of the molecule is CN=C(NCC(C)C)NCC(O)c1cc2ccccc2s1. The molecule has 1 aromatic carbocycles. The van der Waals surface area contributed by atoms with Crippen molar-refractivity contribution in [2.45, 2.75) is 20.0 Å². The number of aliphatic imine (C=N–C) groups is 1. The quantitative estimate of drug-likeness (QED) is 0.588. The molecule has 0 fully saturated rings. The Hall–Kier alpha value is -1.59. The Morgan fingerprint density at radius 3 is 2.62 bits per heavy atom. The second-order valence-electron chi connectivity index (χ2n) is 5.43. The van der Waals surface area contributed by atoms with Crippen LogP contribution in [0.25, 0.3) is 10.1 Å². The molecule has 2 aromatic rings. The zero-order chi connectivity index (χ0) is 15.2. The van der Waals surface area contributed by atoms with E-state index in [1.165, 1.54) is 10.1 Å². The lowest BCUT2D eigenvalue weighted by Gasteiger charge is -2.15. The number of fused-ring (bicyclic) bond motifs is 1. The minimum Gasteiger partial charge on any atom is -0.386 e. The van der Waals surface area contributed by atoms with Crippen LogP contribution in [0.4, 0.5) is 0 Å². The van der Waals surface area contributed by atoms with Gasteiger partial charge in [-0.15, -0.1) is 11.3 Å². The highest BCUT2D eigenvalue weighted by molar-refractivity contribution is 7.19. The van der Waals surface area contributed by atoms with Gasteiger partial charge in [-0.25, -0.2) is 0 Å². The third kappa shape index (κ3) is 4.44. The van der Waals surface area contributed by atoms with Gasteiger partial charge >= 0.3 is 0 Å². The molecule has 0 bridgehead atoms. The first-order chi connectivity index (χ1) is 10.1. The largest absolute Gasteiger partial charge is 0.386 e. The molecule has 1 heterocycles. The Labute approximate surface area is 129 Å². The number of rotatable bonds is 5. The van der Waals surface area contributed by atoms with Crippen LogP contribution in [-0.2, 0) is 0 Å². The van der Waals surface area contributed by atoms with Gasteiger partial charge in [0.15, 0.2) is 5.96 Å². The standard InChI is InChI=1S/C16H23N3OS/c1-11(2)9-18-16(17-3)19-10-13(20)15-8-12-6-4-5-7-14(12)21-15/h4-8,11,13,20H,9-10H2,1-3H3,(H2,17,18,19). The van der Waals surface area contributed by atoms with Crippen LogP contribution in [0.1, 0.15) is 24.8 Å². The highest BCUT2D eigenvalue weighted by atomic mass is 32.1. The molecule has 2 rings (SSSR count). The van der Waals surface area contributed by atoms with Crippen molar-refractivity contribution in [2.24, 2.45) is 10.9 Å². The van der Waals surface area contributed by atoms with E-state index in [0.717, 1.165) is 17.4 Å². The van der Waals surface area contributed by atoms with Crippen LogP contribution in [0, 0.1) is 5.92 Å². The fraction of sp³-hybridized carbons (Fsp3) is 0.438. The zero-order valence-corrected chi connectivity index (χ0v) is 13.6. The number of nitrogens with zero attached hydrogens (tertiary/aromatic N) is 1. The van der Waals surface area contributed by atoms with Crippen molar-refractivity contribution in [2.75, 3.05) is 20.1 Å². The van der Waals surface area contributed by atoms with Crippen LogP contribution in [0.3, 0.4) is 0 Å². The molecule has 0 saturated heterocycles. The number of nitrogens with one attached hydrogen (secondary N) is 2. The van der Waals surface area contributed by atoms with E-state index in [4.69, 9.17) is 0 Å². The summed E-state index contributed by atoms with van der Waals surface area (Å²) in [7, 11) is 1.74. The second kappa shape index (κ2) is 7.43. The Morgan fingerprint density at radius 1 is 1.24 bits per heavy atom. The number of benzene rings is 1. The molecule has 0 aliphatic rings. The third-order valence-electron chi connectivity index (χ3n) is 3.14. The molecular weight excluding hydrogens is 282 g/mol. The molecule has 4 nitrogen and oxygen atoms in total. The van der Waals surface area contributed by atoms with E-state index in [2.05, 4.69) is 47.7 Å². The number of aliphatic hydroxyl groups excluding tert-OH is 1. The molecule has 0 aliphatic heterocycles. The maximum absolute atomic E-state index is 10.3. The highest BCUT2D eigenvalue weighted by Gasteiger charge is 2.12. The van der Waals surface area contributed by atoms with Crippen LogP contribution in [-0.4, -0.2) is 31.2 Å². The average molecular weight is 305 g/mol. The van der Waals surface area contributed by atoms with Gasteiger partial charge in [0.25, 0.3) is 0 Å². The Balaban J connectivity index is 1.93. The van der Waals surface area contributed by atoms with Crippen molar-refractivity contribution < 1.29 is 5.11 Å². The van der Waals surface area contributed by atoms with Gasteiger partial charge in [-0.2, -0.15) is 0 Å². The van der Waals surface area contributed by atoms with Crippen LogP contribution >= 0.6 is 11.3 Å². The molecule has 114 valence electrons. The molecular formula is C16H23N3OS. The van der Waals surface area contributed by atoms with E-state index in [-0.39, 0.29) is 0 Å². The van der Waals surface area contributed by atoms with Crippen LogP contribution in [0.15, 0.2) is 35.3 Å². The van der Waals surface area contributed by atoms with Gasteiger partial charge in [0.2, 0.25) is 0 Å². The van der Waals surface area contributed by atoms with Gasteiger partial charge in [0, 0.05) is 29.7 Å². The molecule has 1 unspecified atom stereocenters. The van der Waals surface area contributed by atoms with E-state index >= 15 is 0 Å². The van der Waals surface area contributed by atoms with E-state index < -0.39 is 6.10 Å². The Kier molecular flexibility index (Phi) is 5.59. The topological polar surface area (TPSA) is 56.7 Å². The summed E-state index contributed by atoms with van der Waals surface area (Å²) >= 11 is 1.63. The zero-order valence-electron chi connectivity index (χ0n) is 12.8. The molecule has 5 heteroatoms. The monoisotopic (exact) mass is 305 g/mol. The number of hydrogen-bond acceptors (Lipinski definition) is 3. The molecule has 0 amide bonds. The minimum absolute atomic E-state index is 0.449. The predicted octanol–water partition coefficient (Wildman–Crippen LogP) is 2.76. The first-order valence-electron chi connectivity index (χ1n) is 7.21. The maximum Gasteiger partial charge on any atom is 0.191 e. The summed E-state index contributed by atoms with van der Waals surface area (Å²) in [4.78, 5) is 5.13. The first kappa shape index (κ1) is 15.8. The van der Waals surface area contributed by atoms with Gasteiger partial charge in [-0.1, -0.05) is 32.0 Å². The molecule has 1 atom stereocenters. The van der Waals surface area contributed by atoms with Crippen molar-refractivity contribution in [1.82, 2.24) is 10.6 Å². The summed E-state index contributed by atoms with van der Waals surface area (Å²) in [6.07, 6.45) is -0.528. The number of thiophene rings is 1. The molecule has 0 radical (unpaired) electrons. The fourth-order valence-electron chi connectivity index (χ4n) is 1.98. The van der Waals surface area contributed by atoms with Crippen molar-refractivity contribution in [3.63, 3.8) is 0 Å². The van der Waals surface area contributed by atoms with Crippen molar-refractivity contribution in [3.05, 3.63) is 35.2 Å². The molecule has 3 N–H and O–H groups in total. The minimum atomic E-state index is -0.528. The summed E-state index contributed by atoms with van der Waals surface area (Å²) < 4.78 is 1.20. The summed E-state index contributed by atoms with van der Waals surface area (Å²) in [5.74, 6) is 1.28. The van der Waals surface area contributed by atoms with Gasteiger partial charge in [0.05, 0.1) is 0 Å². The van der Waals surface area contributed by atoms with E-state index in [1.807, 2.05) is 12.1 Å². The lowest BCUT2D eigenvalue weighted by molar-refractivity contribution is 0.184. The summed E-state index contributed by atoms with van der Waals surface area (Å²) in [6.45, 7) is 5.60. The third-order valence-corrected chi connectivity index (χ3v) is 4.35.